The fraction of sp³-hybridized carbons (Fsp3) is 0.381. The molecule has 0 bridgehead atoms. The first-order valence-corrected chi connectivity index (χ1v) is 11.7. The Labute approximate surface area is 182 Å². The Morgan fingerprint density at radius 1 is 1.10 bits per heavy atom. The molecule has 30 heavy (non-hydrogen) atoms. The molecule has 1 fully saturated rings. The van der Waals surface area contributed by atoms with E-state index in [-0.39, 0.29) is 17.9 Å². The Hall–Kier alpha value is -2.13. The van der Waals surface area contributed by atoms with Crippen molar-refractivity contribution in [3.8, 4) is 5.75 Å². The highest BCUT2D eigenvalue weighted by atomic mass is 35.5. The first kappa shape index (κ1) is 22.6. The normalized spacial score (nSPS) is 15.7. The van der Waals surface area contributed by atoms with Gasteiger partial charge in [0.15, 0.2) is 0 Å². The van der Waals surface area contributed by atoms with E-state index in [1.165, 1.54) is 23.0 Å². The third-order valence-electron chi connectivity index (χ3n) is 5.03. The summed E-state index contributed by atoms with van der Waals surface area (Å²) in [6.45, 7) is 3.09. The molecule has 0 radical (unpaired) electrons. The maximum absolute atomic E-state index is 12.7. The highest BCUT2D eigenvalue weighted by Crippen LogP contribution is 2.22. The second kappa shape index (κ2) is 10.3. The lowest BCUT2D eigenvalue weighted by atomic mass is 10.2. The van der Waals surface area contributed by atoms with Gasteiger partial charge in [-0.1, -0.05) is 41.9 Å². The largest absolute Gasteiger partial charge is 0.496 e. The van der Waals surface area contributed by atoms with Crippen molar-refractivity contribution in [3.05, 3.63) is 64.7 Å². The maximum atomic E-state index is 12.7. The van der Waals surface area contributed by atoms with Crippen molar-refractivity contribution >= 4 is 27.5 Å². The average molecular weight is 452 g/mol. The average Bonchev–Trinajstić information content (AvgIpc) is 2.74. The van der Waals surface area contributed by atoms with Gasteiger partial charge in [0.05, 0.1) is 18.4 Å². The number of hydrogen-bond donors (Lipinski definition) is 1. The highest BCUT2D eigenvalue weighted by Gasteiger charge is 2.27. The molecule has 0 unspecified atom stereocenters. The topological polar surface area (TPSA) is 78.9 Å². The van der Waals surface area contributed by atoms with Crippen LogP contribution in [-0.4, -0.2) is 69.1 Å². The van der Waals surface area contributed by atoms with Crippen LogP contribution in [-0.2, 0) is 16.6 Å². The number of rotatable bonds is 8. The predicted octanol–water partition coefficient (Wildman–Crippen LogP) is 2.23. The van der Waals surface area contributed by atoms with Crippen LogP contribution in [0.5, 0.6) is 5.75 Å². The van der Waals surface area contributed by atoms with E-state index in [9.17, 15) is 13.2 Å². The van der Waals surface area contributed by atoms with Gasteiger partial charge in [0.2, 0.25) is 10.0 Å². The molecule has 1 amide bonds. The molecule has 1 aliphatic heterocycles. The molecule has 7 nitrogen and oxygen atoms in total. The number of nitrogens with one attached hydrogen (secondary N) is 1. The summed E-state index contributed by atoms with van der Waals surface area (Å²) in [6.07, 6.45) is 0. The molecule has 1 N–H and O–H groups in total. The van der Waals surface area contributed by atoms with E-state index >= 15 is 0 Å². The molecule has 3 rings (SSSR count). The van der Waals surface area contributed by atoms with Gasteiger partial charge in [0, 0.05) is 44.3 Å². The van der Waals surface area contributed by atoms with Gasteiger partial charge in [0.25, 0.3) is 5.91 Å². The van der Waals surface area contributed by atoms with Crippen LogP contribution in [0.3, 0.4) is 0 Å². The summed E-state index contributed by atoms with van der Waals surface area (Å²) in [5.41, 5.74) is 1.49. The van der Waals surface area contributed by atoms with E-state index in [1.807, 2.05) is 18.2 Å². The number of sulfonamides is 1. The fourth-order valence-electron chi connectivity index (χ4n) is 3.38. The van der Waals surface area contributed by atoms with Crippen LogP contribution < -0.4 is 10.1 Å². The summed E-state index contributed by atoms with van der Waals surface area (Å²) in [4.78, 5) is 14.6. The lowest BCUT2D eigenvalue weighted by molar-refractivity contribution is 0.0953. The Morgan fingerprint density at radius 2 is 1.80 bits per heavy atom. The standard InChI is InChI=1S/C21H26ClN3O4S/c1-29-20-8-7-18(22)15-19(20)21(26)23-9-14-30(27,28)25-12-10-24(11-13-25)16-17-5-3-2-4-6-17/h2-8,15H,9-14,16H2,1H3,(H,23,26). The molecule has 1 saturated heterocycles. The predicted molar refractivity (Wildman–Crippen MR) is 117 cm³/mol. The molecule has 0 atom stereocenters. The van der Waals surface area contributed by atoms with E-state index in [0.29, 0.717) is 37.0 Å². The number of nitrogens with zero attached hydrogens (tertiary/aromatic N) is 2. The zero-order valence-electron chi connectivity index (χ0n) is 16.9. The Bertz CT molecular complexity index is 961. The second-order valence-electron chi connectivity index (χ2n) is 7.08. The van der Waals surface area contributed by atoms with Crippen molar-refractivity contribution in [3.63, 3.8) is 0 Å². The van der Waals surface area contributed by atoms with Gasteiger partial charge in [-0.2, -0.15) is 4.31 Å². The Kier molecular flexibility index (Phi) is 7.71. The summed E-state index contributed by atoms with van der Waals surface area (Å²) >= 11 is 5.95. The van der Waals surface area contributed by atoms with Crippen LogP contribution in [0.25, 0.3) is 0 Å². The SMILES string of the molecule is COc1ccc(Cl)cc1C(=O)NCCS(=O)(=O)N1CCN(Cc2ccccc2)CC1. The van der Waals surface area contributed by atoms with Gasteiger partial charge in [-0.25, -0.2) is 8.42 Å². The quantitative estimate of drug-likeness (QED) is 0.665. The van der Waals surface area contributed by atoms with Crippen LogP contribution in [0.2, 0.25) is 5.02 Å². The van der Waals surface area contributed by atoms with Gasteiger partial charge in [0.1, 0.15) is 5.75 Å². The number of methoxy groups -OCH3 is 1. The van der Waals surface area contributed by atoms with Gasteiger partial charge in [-0.05, 0) is 23.8 Å². The van der Waals surface area contributed by atoms with Gasteiger partial charge in [-0.3, -0.25) is 9.69 Å². The van der Waals surface area contributed by atoms with Crippen molar-refractivity contribution in [1.82, 2.24) is 14.5 Å². The number of benzene rings is 2. The first-order chi connectivity index (χ1) is 14.4. The van der Waals surface area contributed by atoms with Crippen molar-refractivity contribution in [2.24, 2.45) is 0 Å². The van der Waals surface area contributed by atoms with Gasteiger partial charge in [-0.15, -0.1) is 0 Å². The van der Waals surface area contributed by atoms with Crippen LogP contribution in [0.15, 0.2) is 48.5 Å². The number of hydrogen-bond acceptors (Lipinski definition) is 5. The lowest BCUT2D eigenvalue weighted by Crippen LogP contribution is -2.49. The monoisotopic (exact) mass is 451 g/mol. The van der Waals surface area contributed by atoms with Gasteiger partial charge >= 0.3 is 0 Å². The van der Waals surface area contributed by atoms with Crippen LogP contribution >= 0.6 is 11.6 Å². The molecule has 162 valence electrons. The number of amides is 1. The van der Waals surface area contributed by atoms with E-state index in [2.05, 4.69) is 22.3 Å². The number of carbonyl (C=O) groups excluding carboxylic acids is 1. The smallest absolute Gasteiger partial charge is 0.255 e. The second-order valence-corrected chi connectivity index (χ2v) is 9.60. The Morgan fingerprint density at radius 3 is 2.47 bits per heavy atom. The molecular formula is C21H26ClN3O4S. The molecule has 2 aromatic carbocycles. The van der Waals surface area contributed by atoms with Crippen molar-refractivity contribution in [1.29, 1.82) is 0 Å². The molecule has 9 heteroatoms. The van der Waals surface area contributed by atoms with Gasteiger partial charge < -0.3 is 10.1 Å². The summed E-state index contributed by atoms with van der Waals surface area (Å²) in [6, 6.07) is 14.8. The number of carbonyl (C=O) groups is 1. The van der Waals surface area contributed by atoms with E-state index in [0.717, 1.165) is 6.54 Å². The third kappa shape index (κ3) is 5.95. The summed E-state index contributed by atoms with van der Waals surface area (Å²) in [5.74, 6) is -0.188. The molecule has 0 saturated carbocycles. The van der Waals surface area contributed by atoms with E-state index in [1.54, 1.807) is 12.1 Å². The molecule has 0 spiro atoms. The number of piperazine rings is 1. The van der Waals surface area contributed by atoms with E-state index < -0.39 is 15.9 Å². The molecular weight excluding hydrogens is 426 g/mol. The van der Waals surface area contributed by atoms with Crippen LogP contribution in [0.1, 0.15) is 15.9 Å². The molecule has 2 aromatic rings. The number of halogens is 1. The lowest BCUT2D eigenvalue weighted by Gasteiger charge is -2.34. The maximum Gasteiger partial charge on any atom is 0.255 e. The van der Waals surface area contributed by atoms with Crippen LogP contribution in [0, 0.1) is 0 Å². The minimum Gasteiger partial charge on any atom is -0.496 e. The molecule has 0 aromatic heterocycles. The minimum atomic E-state index is -3.45. The third-order valence-corrected chi connectivity index (χ3v) is 7.13. The first-order valence-electron chi connectivity index (χ1n) is 9.75. The number of ether oxygens (including phenoxy) is 1. The molecule has 0 aliphatic carbocycles. The molecule has 1 heterocycles. The Balaban J connectivity index is 1.48. The van der Waals surface area contributed by atoms with E-state index in [4.69, 9.17) is 16.3 Å². The summed E-state index contributed by atoms with van der Waals surface area (Å²) in [7, 11) is -1.99. The zero-order chi connectivity index (χ0) is 21.6. The zero-order valence-corrected chi connectivity index (χ0v) is 18.5. The highest BCUT2D eigenvalue weighted by molar-refractivity contribution is 7.89. The summed E-state index contributed by atoms with van der Waals surface area (Å²) in [5, 5.41) is 3.05. The molecule has 1 aliphatic rings. The van der Waals surface area contributed by atoms with Crippen molar-refractivity contribution in [2.75, 3.05) is 45.6 Å². The minimum absolute atomic E-state index is 0.0149. The van der Waals surface area contributed by atoms with Crippen LogP contribution in [0.4, 0.5) is 0 Å². The fourth-order valence-corrected chi connectivity index (χ4v) is 4.89. The van der Waals surface area contributed by atoms with Crippen molar-refractivity contribution in [2.45, 2.75) is 6.54 Å². The summed E-state index contributed by atoms with van der Waals surface area (Å²) < 4.78 is 32.0. The van der Waals surface area contributed by atoms with Crippen molar-refractivity contribution < 1.29 is 17.9 Å².